The van der Waals surface area contributed by atoms with Crippen LogP contribution in [0.3, 0.4) is 0 Å². The highest BCUT2D eigenvalue weighted by Crippen LogP contribution is 2.20. The molecule has 1 N–H and O–H groups in total. The second-order valence-corrected chi connectivity index (χ2v) is 6.03. The molecule has 86 valence electrons. The average Bonchev–Trinajstić information content (AvgIpc) is 2.79. The van der Waals surface area contributed by atoms with Crippen LogP contribution < -0.4 is 5.32 Å². The molecule has 0 unspecified atom stereocenters. The fourth-order valence-corrected chi connectivity index (χ4v) is 2.71. The van der Waals surface area contributed by atoms with Crippen LogP contribution in [0.25, 0.3) is 0 Å². The van der Waals surface area contributed by atoms with Gasteiger partial charge in [0.15, 0.2) is 0 Å². The van der Waals surface area contributed by atoms with Crippen molar-refractivity contribution in [2.24, 2.45) is 7.05 Å². The topological polar surface area (TPSA) is 29.9 Å². The number of aryl methyl sites for hydroxylation is 1. The third kappa shape index (κ3) is 2.72. The molecule has 2 aromatic rings. The molecule has 0 saturated carbocycles. The van der Waals surface area contributed by atoms with E-state index < -0.39 is 0 Å². The first-order valence-corrected chi connectivity index (χ1v) is 6.75. The number of nitrogens with zero attached hydrogens (tertiary/aromatic N) is 2. The molecule has 16 heavy (non-hydrogen) atoms. The zero-order valence-corrected chi connectivity index (χ0v) is 11.7. The number of rotatable bonds is 4. The summed E-state index contributed by atoms with van der Waals surface area (Å²) in [5.74, 6) is 0. The van der Waals surface area contributed by atoms with Crippen LogP contribution in [0.4, 0.5) is 0 Å². The Morgan fingerprint density at radius 3 is 2.88 bits per heavy atom. The van der Waals surface area contributed by atoms with Crippen LogP contribution in [0.1, 0.15) is 16.8 Å². The average molecular weight is 300 g/mol. The highest BCUT2D eigenvalue weighted by Gasteiger charge is 2.03. The van der Waals surface area contributed by atoms with Crippen LogP contribution in [0, 0.1) is 6.92 Å². The van der Waals surface area contributed by atoms with Crippen molar-refractivity contribution in [2.45, 2.75) is 20.0 Å². The van der Waals surface area contributed by atoms with E-state index in [1.54, 1.807) is 11.3 Å². The zero-order chi connectivity index (χ0) is 11.5. The normalized spacial score (nSPS) is 10.9. The van der Waals surface area contributed by atoms with Crippen LogP contribution in [-0.4, -0.2) is 9.78 Å². The van der Waals surface area contributed by atoms with Gasteiger partial charge in [-0.2, -0.15) is 5.10 Å². The molecule has 0 aliphatic carbocycles. The Hall–Kier alpha value is -0.650. The van der Waals surface area contributed by atoms with Crippen LogP contribution in [0.5, 0.6) is 0 Å². The molecule has 0 aliphatic heterocycles. The first-order valence-electron chi connectivity index (χ1n) is 5.08. The van der Waals surface area contributed by atoms with E-state index in [1.165, 1.54) is 20.6 Å². The quantitative estimate of drug-likeness (QED) is 0.941. The van der Waals surface area contributed by atoms with Gasteiger partial charge in [0, 0.05) is 31.4 Å². The minimum Gasteiger partial charge on any atom is -0.308 e. The van der Waals surface area contributed by atoms with E-state index in [0.717, 1.165) is 13.1 Å². The van der Waals surface area contributed by atoms with E-state index >= 15 is 0 Å². The molecular formula is C11H14BrN3S. The Morgan fingerprint density at radius 2 is 2.31 bits per heavy atom. The lowest BCUT2D eigenvalue weighted by Crippen LogP contribution is -2.12. The predicted octanol–water partition coefficient (Wildman–Crippen LogP) is 2.84. The fourth-order valence-electron chi connectivity index (χ4n) is 1.50. The summed E-state index contributed by atoms with van der Waals surface area (Å²) in [6.45, 7) is 3.86. The van der Waals surface area contributed by atoms with Crippen LogP contribution in [0.2, 0.25) is 0 Å². The molecular weight excluding hydrogens is 286 g/mol. The lowest BCUT2D eigenvalue weighted by Gasteiger charge is -2.02. The number of hydrogen-bond acceptors (Lipinski definition) is 3. The van der Waals surface area contributed by atoms with Crippen molar-refractivity contribution in [3.05, 3.63) is 38.3 Å². The molecule has 0 fully saturated rings. The largest absolute Gasteiger partial charge is 0.308 e. The van der Waals surface area contributed by atoms with Crippen molar-refractivity contribution in [2.75, 3.05) is 0 Å². The molecule has 0 atom stereocenters. The summed E-state index contributed by atoms with van der Waals surface area (Å²) in [4.78, 5) is 0. The number of halogens is 1. The smallest absolute Gasteiger partial charge is 0.0701 e. The first kappa shape index (κ1) is 11.8. The lowest BCUT2D eigenvalue weighted by molar-refractivity contribution is 0.686. The monoisotopic (exact) mass is 299 g/mol. The summed E-state index contributed by atoms with van der Waals surface area (Å²) in [5, 5.41) is 9.80. The summed E-state index contributed by atoms with van der Waals surface area (Å²) in [5.41, 5.74) is 3.80. The van der Waals surface area contributed by atoms with Gasteiger partial charge in [-0.1, -0.05) is 0 Å². The maximum Gasteiger partial charge on any atom is 0.0701 e. The second kappa shape index (κ2) is 5.12. The van der Waals surface area contributed by atoms with Crippen molar-refractivity contribution in [3.8, 4) is 0 Å². The fraction of sp³-hybridized carbons (Fsp3) is 0.364. The first-order chi connectivity index (χ1) is 7.66. The van der Waals surface area contributed by atoms with Crippen molar-refractivity contribution in [1.29, 1.82) is 0 Å². The summed E-state index contributed by atoms with van der Waals surface area (Å²) >= 11 is 5.18. The van der Waals surface area contributed by atoms with Gasteiger partial charge in [-0.3, -0.25) is 4.68 Å². The standard InChI is InChI=1S/C11H14BrN3S/c1-8-10(6-14-15(8)2)5-13-4-9-3-11(12)16-7-9/h3,6-7,13H,4-5H2,1-2H3. The molecule has 0 aliphatic rings. The Labute approximate surface area is 108 Å². The Bertz CT molecular complexity index is 475. The molecule has 0 bridgehead atoms. The van der Waals surface area contributed by atoms with E-state index in [4.69, 9.17) is 0 Å². The molecule has 0 saturated heterocycles. The third-order valence-electron chi connectivity index (χ3n) is 2.60. The third-order valence-corrected chi connectivity index (χ3v) is 4.16. The van der Waals surface area contributed by atoms with Gasteiger partial charge in [-0.05, 0) is 39.9 Å². The zero-order valence-electron chi connectivity index (χ0n) is 9.33. The van der Waals surface area contributed by atoms with Crippen molar-refractivity contribution in [3.63, 3.8) is 0 Å². The van der Waals surface area contributed by atoms with Crippen LogP contribution in [-0.2, 0) is 20.1 Å². The Balaban J connectivity index is 1.86. The minimum absolute atomic E-state index is 0.868. The maximum atomic E-state index is 4.22. The van der Waals surface area contributed by atoms with Crippen LogP contribution >= 0.6 is 27.3 Å². The Morgan fingerprint density at radius 1 is 1.50 bits per heavy atom. The van der Waals surface area contributed by atoms with Gasteiger partial charge in [0.05, 0.1) is 9.98 Å². The number of aromatic nitrogens is 2. The predicted molar refractivity (Wildman–Crippen MR) is 70.5 cm³/mol. The summed E-state index contributed by atoms with van der Waals surface area (Å²) < 4.78 is 3.08. The highest BCUT2D eigenvalue weighted by molar-refractivity contribution is 9.11. The summed E-state index contributed by atoms with van der Waals surface area (Å²) in [6, 6.07) is 2.15. The molecule has 2 heterocycles. The number of nitrogens with one attached hydrogen (secondary N) is 1. The number of hydrogen-bond donors (Lipinski definition) is 1. The van der Waals surface area contributed by atoms with E-state index in [1.807, 2.05) is 17.9 Å². The molecule has 5 heteroatoms. The molecule has 3 nitrogen and oxygen atoms in total. The van der Waals surface area contributed by atoms with Crippen molar-refractivity contribution in [1.82, 2.24) is 15.1 Å². The molecule has 2 rings (SSSR count). The van der Waals surface area contributed by atoms with Crippen LogP contribution in [0.15, 0.2) is 21.4 Å². The highest BCUT2D eigenvalue weighted by atomic mass is 79.9. The summed E-state index contributed by atoms with van der Waals surface area (Å²) in [6.07, 6.45) is 1.92. The minimum atomic E-state index is 0.868. The van der Waals surface area contributed by atoms with E-state index in [9.17, 15) is 0 Å². The van der Waals surface area contributed by atoms with Gasteiger partial charge in [0.2, 0.25) is 0 Å². The SMILES string of the molecule is Cc1c(CNCc2csc(Br)c2)cnn1C. The van der Waals surface area contributed by atoms with Gasteiger partial charge in [0.25, 0.3) is 0 Å². The molecule has 0 radical (unpaired) electrons. The Kier molecular flexibility index (Phi) is 3.78. The molecule has 0 aromatic carbocycles. The van der Waals surface area contributed by atoms with Gasteiger partial charge in [0.1, 0.15) is 0 Å². The van der Waals surface area contributed by atoms with E-state index in [2.05, 4.69) is 44.7 Å². The van der Waals surface area contributed by atoms with Gasteiger partial charge < -0.3 is 5.32 Å². The summed E-state index contributed by atoms with van der Waals surface area (Å²) in [7, 11) is 1.97. The molecule has 2 aromatic heterocycles. The van der Waals surface area contributed by atoms with E-state index in [-0.39, 0.29) is 0 Å². The molecule has 0 spiro atoms. The van der Waals surface area contributed by atoms with E-state index in [0.29, 0.717) is 0 Å². The number of thiophene rings is 1. The second-order valence-electron chi connectivity index (χ2n) is 3.74. The van der Waals surface area contributed by atoms with Gasteiger partial charge >= 0.3 is 0 Å². The maximum absolute atomic E-state index is 4.22. The lowest BCUT2D eigenvalue weighted by atomic mass is 10.2. The molecule has 0 amide bonds. The van der Waals surface area contributed by atoms with Gasteiger partial charge in [-0.25, -0.2) is 0 Å². The van der Waals surface area contributed by atoms with Crippen molar-refractivity contribution >= 4 is 27.3 Å². The van der Waals surface area contributed by atoms with Gasteiger partial charge in [-0.15, -0.1) is 11.3 Å². The van der Waals surface area contributed by atoms with Crippen molar-refractivity contribution < 1.29 is 0 Å².